The van der Waals surface area contributed by atoms with Crippen LogP contribution in [0.15, 0.2) is 12.2 Å². The first-order valence-electron chi connectivity index (χ1n) is 5.97. The molecule has 0 radical (unpaired) electrons. The van der Waals surface area contributed by atoms with Crippen molar-refractivity contribution >= 4 is 5.78 Å². The zero-order valence-electron chi connectivity index (χ0n) is 10.3. The summed E-state index contributed by atoms with van der Waals surface area (Å²) in [6.45, 7) is 11.9. The minimum absolute atomic E-state index is 0.215. The standard InChI is InChI=1S/C13H23NO/c1-5-13(4,12(15)11(2)3)14-9-7-6-8-10-14/h2,5-10H2,1,3-4H3. The Kier molecular flexibility index (Phi) is 4.09. The van der Waals surface area contributed by atoms with E-state index < -0.39 is 0 Å². The summed E-state index contributed by atoms with van der Waals surface area (Å²) < 4.78 is 0. The minimum Gasteiger partial charge on any atom is -0.292 e. The van der Waals surface area contributed by atoms with Crippen LogP contribution in [0, 0.1) is 0 Å². The van der Waals surface area contributed by atoms with Crippen LogP contribution in [0.4, 0.5) is 0 Å². The largest absolute Gasteiger partial charge is 0.292 e. The maximum Gasteiger partial charge on any atom is 0.177 e. The number of Topliss-reactive ketones (excluding diaryl/α,β-unsaturated/α-hetero) is 1. The fraction of sp³-hybridized carbons (Fsp3) is 0.769. The lowest BCUT2D eigenvalue weighted by molar-refractivity contribution is -0.127. The number of nitrogens with zero attached hydrogens (tertiary/aromatic N) is 1. The van der Waals surface area contributed by atoms with Gasteiger partial charge in [-0.05, 0) is 51.8 Å². The Morgan fingerprint density at radius 2 is 1.87 bits per heavy atom. The van der Waals surface area contributed by atoms with Crippen molar-refractivity contribution in [2.75, 3.05) is 13.1 Å². The predicted octanol–water partition coefficient (Wildman–Crippen LogP) is 2.79. The lowest BCUT2D eigenvalue weighted by atomic mass is 9.86. The van der Waals surface area contributed by atoms with Crippen LogP contribution in [0.5, 0.6) is 0 Å². The van der Waals surface area contributed by atoms with Crippen molar-refractivity contribution in [3.63, 3.8) is 0 Å². The van der Waals surface area contributed by atoms with Gasteiger partial charge in [-0.25, -0.2) is 0 Å². The summed E-state index contributed by atoms with van der Waals surface area (Å²) in [5, 5.41) is 0. The molecule has 1 saturated heterocycles. The van der Waals surface area contributed by atoms with Crippen molar-refractivity contribution in [3.8, 4) is 0 Å². The maximum absolute atomic E-state index is 12.2. The molecule has 1 heterocycles. The Bertz CT molecular complexity index is 253. The highest BCUT2D eigenvalue weighted by Crippen LogP contribution is 2.26. The van der Waals surface area contributed by atoms with Crippen LogP contribution >= 0.6 is 0 Å². The van der Waals surface area contributed by atoms with Crippen molar-refractivity contribution in [1.82, 2.24) is 4.90 Å². The molecule has 0 aromatic carbocycles. The lowest BCUT2D eigenvalue weighted by Gasteiger charge is -2.42. The molecule has 0 saturated carbocycles. The quantitative estimate of drug-likeness (QED) is 0.664. The molecule has 2 nitrogen and oxygen atoms in total. The van der Waals surface area contributed by atoms with Crippen molar-refractivity contribution in [2.45, 2.75) is 52.0 Å². The number of rotatable bonds is 4. The Morgan fingerprint density at radius 3 is 2.27 bits per heavy atom. The first-order valence-corrected chi connectivity index (χ1v) is 5.97. The van der Waals surface area contributed by atoms with Gasteiger partial charge in [-0.3, -0.25) is 9.69 Å². The topological polar surface area (TPSA) is 20.3 Å². The van der Waals surface area contributed by atoms with Crippen molar-refractivity contribution in [2.24, 2.45) is 0 Å². The molecule has 0 aromatic heterocycles. The lowest BCUT2D eigenvalue weighted by Crippen LogP contribution is -2.54. The van der Waals surface area contributed by atoms with Gasteiger partial charge in [0, 0.05) is 0 Å². The van der Waals surface area contributed by atoms with Gasteiger partial charge in [0.15, 0.2) is 5.78 Å². The number of carbonyl (C=O) groups excluding carboxylic acids is 1. The predicted molar refractivity (Wildman–Crippen MR) is 63.9 cm³/mol. The molecule has 1 aliphatic rings. The molecule has 2 heteroatoms. The molecular weight excluding hydrogens is 186 g/mol. The van der Waals surface area contributed by atoms with Crippen LogP contribution in [0.2, 0.25) is 0 Å². The van der Waals surface area contributed by atoms with Gasteiger partial charge in [-0.1, -0.05) is 19.9 Å². The normalized spacial score (nSPS) is 22.1. The van der Waals surface area contributed by atoms with E-state index in [9.17, 15) is 4.79 Å². The average molecular weight is 209 g/mol. The number of hydrogen-bond acceptors (Lipinski definition) is 2. The molecule has 0 amide bonds. The summed E-state index contributed by atoms with van der Waals surface area (Å²) in [7, 11) is 0. The van der Waals surface area contributed by atoms with Crippen LogP contribution < -0.4 is 0 Å². The van der Waals surface area contributed by atoms with Gasteiger partial charge in [0.1, 0.15) is 0 Å². The third kappa shape index (κ3) is 2.49. The summed E-state index contributed by atoms with van der Waals surface area (Å²) in [6.07, 6.45) is 4.62. The van der Waals surface area contributed by atoms with Crippen molar-refractivity contribution < 1.29 is 4.79 Å². The molecule has 86 valence electrons. The number of ketones is 1. The summed E-state index contributed by atoms with van der Waals surface area (Å²) >= 11 is 0. The van der Waals surface area contributed by atoms with Crippen LogP contribution in [0.1, 0.15) is 46.5 Å². The molecule has 1 aliphatic heterocycles. The maximum atomic E-state index is 12.2. The zero-order chi connectivity index (χ0) is 11.5. The van der Waals surface area contributed by atoms with Gasteiger partial charge < -0.3 is 0 Å². The average Bonchev–Trinajstić information content (AvgIpc) is 2.28. The van der Waals surface area contributed by atoms with E-state index in [-0.39, 0.29) is 11.3 Å². The highest BCUT2D eigenvalue weighted by Gasteiger charge is 2.37. The third-order valence-electron chi connectivity index (χ3n) is 3.62. The molecular formula is C13H23NO. The second kappa shape index (κ2) is 4.93. The third-order valence-corrected chi connectivity index (χ3v) is 3.62. The number of piperidine rings is 1. The van der Waals surface area contributed by atoms with Crippen LogP contribution in [-0.4, -0.2) is 29.3 Å². The summed E-state index contributed by atoms with van der Waals surface area (Å²) in [4.78, 5) is 14.5. The van der Waals surface area contributed by atoms with E-state index in [0.717, 1.165) is 19.5 Å². The second-order valence-corrected chi connectivity index (χ2v) is 4.78. The second-order valence-electron chi connectivity index (χ2n) is 4.78. The van der Waals surface area contributed by atoms with E-state index in [4.69, 9.17) is 0 Å². The number of carbonyl (C=O) groups is 1. The van der Waals surface area contributed by atoms with E-state index in [2.05, 4.69) is 25.3 Å². The Hall–Kier alpha value is -0.630. The fourth-order valence-corrected chi connectivity index (χ4v) is 2.37. The minimum atomic E-state index is -0.313. The van der Waals surface area contributed by atoms with Crippen molar-refractivity contribution in [3.05, 3.63) is 12.2 Å². The molecule has 15 heavy (non-hydrogen) atoms. The molecule has 0 aliphatic carbocycles. The van der Waals surface area contributed by atoms with Crippen molar-refractivity contribution in [1.29, 1.82) is 0 Å². The van der Waals surface area contributed by atoms with Gasteiger partial charge in [-0.2, -0.15) is 0 Å². The van der Waals surface area contributed by atoms with E-state index in [1.165, 1.54) is 19.3 Å². The summed E-state index contributed by atoms with van der Waals surface area (Å²) in [6, 6.07) is 0. The summed E-state index contributed by atoms with van der Waals surface area (Å²) in [5.41, 5.74) is 0.372. The first-order chi connectivity index (χ1) is 7.02. The van der Waals surface area contributed by atoms with Crippen LogP contribution in [-0.2, 0) is 4.79 Å². The van der Waals surface area contributed by atoms with E-state index in [1.807, 2.05) is 6.92 Å². The number of likely N-dealkylation sites (tertiary alicyclic amines) is 1. The zero-order valence-corrected chi connectivity index (χ0v) is 10.3. The highest BCUT2D eigenvalue weighted by molar-refractivity contribution is 6.01. The highest BCUT2D eigenvalue weighted by atomic mass is 16.1. The van der Waals surface area contributed by atoms with E-state index in [0.29, 0.717) is 5.57 Å². The Morgan fingerprint density at radius 1 is 1.33 bits per heavy atom. The van der Waals surface area contributed by atoms with Crippen LogP contribution in [0.25, 0.3) is 0 Å². The van der Waals surface area contributed by atoms with E-state index in [1.54, 1.807) is 0 Å². The van der Waals surface area contributed by atoms with Gasteiger partial charge in [-0.15, -0.1) is 0 Å². The fourth-order valence-electron chi connectivity index (χ4n) is 2.37. The monoisotopic (exact) mass is 209 g/mol. The molecule has 1 rings (SSSR count). The molecule has 1 fully saturated rings. The van der Waals surface area contributed by atoms with Crippen LogP contribution in [0.3, 0.4) is 0 Å². The van der Waals surface area contributed by atoms with E-state index >= 15 is 0 Å². The molecule has 0 bridgehead atoms. The molecule has 0 N–H and O–H groups in total. The smallest absolute Gasteiger partial charge is 0.177 e. The Labute approximate surface area is 93.3 Å². The first kappa shape index (κ1) is 12.4. The molecule has 1 unspecified atom stereocenters. The van der Waals surface area contributed by atoms with Gasteiger partial charge >= 0.3 is 0 Å². The van der Waals surface area contributed by atoms with Gasteiger partial charge in [0.25, 0.3) is 0 Å². The Balaban J connectivity index is 2.82. The van der Waals surface area contributed by atoms with Gasteiger partial charge in [0.05, 0.1) is 5.54 Å². The SMILES string of the molecule is C=C(C)C(=O)C(C)(CC)N1CCCCC1. The molecule has 0 spiro atoms. The van der Waals surface area contributed by atoms with Gasteiger partial charge in [0.2, 0.25) is 0 Å². The molecule has 0 aromatic rings. The number of hydrogen-bond donors (Lipinski definition) is 0. The molecule has 1 atom stereocenters. The summed E-state index contributed by atoms with van der Waals surface area (Å²) in [5.74, 6) is 0.215.